The van der Waals surface area contributed by atoms with Crippen molar-refractivity contribution in [1.82, 2.24) is 0 Å². The van der Waals surface area contributed by atoms with E-state index in [0.717, 1.165) is 11.3 Å². The van der Waals surface area contributed by atoms with Gasteiger partial charge in [0.15, 0.2) is 0 Å². The number of nitrogens with two attached hydrogens (primary N) is 1. The van der Waals surface area contributed by atoms with Crippen molar-refractivity contribution < 1.29 is 21.8 Å². The van der Waals surface area contributed by atoms with Gasteiger partial charge in [0.05, 0.1) is 10.8 Å². The molecule has 0 atom stereocenters. The number of aromatic nitrogens is 1. The first kappa shape index (κ1) is 22.6. The molecule has 0 radical (unpaired) electrons. The Bertz CT molecular complexity index is 1090. The van der Waals surface area contributed by atoms with Crippen LogP contribution < -0.4 is 28.0 Å². The molecule has 0 aliphatic carbocycles. The molecule has 0 spiro atoms. The zero-order valence-electron chi connectivity index (χ0n) is 16.1. The van der Waals surface area contributed by atoms with Gasteiger partial charge in [0.1, 0.15) is 7.05 Å². The number of halogens is 2. The lowest BCUT2D eigenvalue weighted by Crippen LogP contribution is -3.00. The Hall–Kier alpha value is -2.66. The monoisotopic (exact) mass is 427 g/mol. The summed E-state index contributed by atoms with van der Waals surface area (Å²) in [5.41, 5.74) is 10.9. The van der Waals surface area contributed by atoms with Gasteiger partial charge in [-0.2, -0.15) is 4.57 Å². The minimum absolute atomic E-state index is 0. The topological polar surface area (TPSA) is 59.0 Å². The van der Waals surface area contributed by atoms with Crippen molar-refractivity contribution in [2.45, 2.75) is 6.42 Å². The molecule has 3 aromatic carbocycles. The van der Waals surface area contributed by atoms with E-state index >= 15 is 0 Å². The number of pyridine rings is 1. The second kappa shape index (κ2) is 9.70. The summed E-state index contributed by atoms with van der Waals surface area (Å²) in [6, 6.07) is 24.9. The van der Waals surface area contributed by atoms with Crippen LogP contribution in [0.1, 0.15) is 6.42 Å². The normalized spacial score (nSPS) is 10.3. The van der Waals surface area contributed by atoms with E-state index in [1.165, 1.54) is 27.4 Å². The Morgan fingerprint density at radius 2 is 1.41 bits per heavy atom. The SMILES string of the molecule is C[n+]1c2ccccc2c(-c2ccc(NC(=O)CCN)cc2)c2ccccc21.Cl.[Cl-]. The minimum atomic E-state index is -0.0621. The standard InChI is InChI=1S/C23H21N3O.2ClH/c1-26-20-8-4-2-6-18(20)23(19-7-3-5-9-21(19)26)16-10-12-17(13-11-16)25-22(27)14-15-24;;/h2-13H,14-15,24H2,1H3;2*1H. The van der Waals surface area contributed by atoms with Crippen LogP contribution in [0.5, 0.6) is 0 Å². The molecular formula is C23H23Cl2N3O. The Balaban J connectivity index is 0.00000150. The third-order valence-electron chi connectivity index (χ3n) is 4.90. The minimum Gasteiger partial charge on any atom is -1.00 e. The van der Waals surface area contributed by atoms with Crippen LogP contribution in [-0.2, 0) is 11.8 Å². The molecule has 150 valence electrons. The molecule has 1 amide bonds. The third kappa shape index (κ3) is 4.35. The first-order valence-corrected chi connectivity index (χ1v) is 9.09. The van der Waals surface area contributed by atoms with Gasteiger partial charge < -0.3 is 23.5 Å². The lowest BCUT2D eigenvalue weighted by atomic mass is 9.95. The molecule has 0 saturated carbocycles. The van der Waals surface area contributed by atoms with Crippen LogP contribution in [0.25, 0.3) is 32.9 Å². The summed E-state index contributed by atoms with van der Waals surface area (Å²) in [6.07, 6.45) is 0.326. The number of carbonyl (C=O) groups excluding carboxylic acids is 1. The van der Waals surface area contributed by atoms with Crippen LogP contribution in [0.3, 0.4) is 0 Å². The summed E-state index contributed by atoms with van der Waals surface area (Å²) in [5.74, 6) is -0.0621. The van der Waals surface area contributed by atoms with Crippen LogP contribution in [0.15, 0.2) is 72.8 Å². The van der Waals surface area contributed by atoms with E-state index < -0.39 is 0 Å². The third-order valence-corrected chi connectivity index (χ3v) is 4.90. The number of para-hydroxylation sites is 2. The molecule has 0 bridgehead atoms. The molecule has 4 aromatic rings. The van der Waals surface area contributed by atoms with Crippen molar-refractivity contribution in [1.29, 1.82) is 0 Å². The molecular weight excluding hydrogens is 405 g/mol. The smallest absolute Gasteiger partial charge is 0.225 e. The zero-order valence-corrected chi connectivity index (χ0v) is 17.6. The molecule has 0 saturated heterocycles. The number of fused-ring (bicyclic) bond motifs is 2. The molecule has 1 aromatic heterocycles. The van der Waals surface area contributed by atoms with Gasteiger partial charge in [-0.15, -0.1) is 12.4 Å². The van der Waals surface area contributed by atoms with Gasteiger partial charge in [-0.1, -0.05) is 36.4 Å². The average molecular weight is 428 g/mol. The summed E-state index contributed by atoms with van der Waals surface area (Å²) < 4.78 is 2.23. The van der Waals surface area contributed by atoms with Gasteiger partial charge in [-0.3, -0.25) is 4.79 Å². The Morgan fingerprint density at radius 1 is 0.897 bits per heavy atom. The summed E-state index contributed by atoms with van der Waals surface area (Å²) >= 11 is 0. The number of anilines is 1. The van der Waals surface area contributed by atoms with E-state index in [1.807, 2.05) is 12.1 Å². The maximum atomic E-state index is 11.8. The molecule has 0 unspecified atom stereocenters. The number of carbonyl (C=O) groups is 1. The molecule has 3 N–H and O–H groups in total. The van der Waals surface area contributed by atoms with Crippen molar-refractivity contribution in [3.63, 3.8) is 0 Å². The number of nitrogens with zero attached hydrogens (tertiary/aromatic N) is 1. The van der Waals surface area contributed by atoms with Crippen LogP contribution >= 0.6 is 12.4 Å². The fourth-order valence-electron chi connectivity index (χ4n) is 3.62. The highest BCUT2D eigenvalue weighted by Gasteiger charge is 2.18. The number of benzene rings is 3. The fourth-order valence-corrected chi connectivity index (χ4v) is 3.62. The van der Waals surface area contributed by atoms with E-state index in [0.29, 0.717) is 13.0 Å². The predicted octanol–water partition coefficient (Wildman–Crippen LogP) is 1.20. The van der Waals surface area contributed by atoms with Crippen molar-refractivity contribution in [3.8, 4) is 11.1 Å². The summed E-state index contributed by atoms with van der Waals surface area (Å²) in [4.78, 5) is 11.8. The lowest BCUT2D eigenvalue weighted by Gasteiger charge is -2.11. The average Bonchev–Trinajstić information content (AvgIpc) is 2.70. The largest absolute Gasteiger partial charge is 1.00 e. The molecule has 0 aliphatic heterocycles. The molecule has 4 nitrogen and oxygen atoms in total. The van der Waals surface area contributed by atoms with Crippen LogP contribution in [0.4, 0.5) is 5.69 Å². The second-order valence-electron chi connectivity index (χ2n) is 6.63. The van der Waals surface area contributed by atoms with E-state index in [2.05, 4.69) is 77.6 Å². The lowest BCUT2D eigenvalue weighted by molar-refractivity contribution is -0.617. The van der Waals surface area contributed by atoms with Crippen molar-refractivity contribution in [2.75, 3.05) is 11.9 Å². The van der Waals surface area contributed by atoms with E-state index in [-0.39, 0.29) is 30.7 Å². The number of amides is 1. The Kier molecular flexibility index (Phi) is 7.57. The quantitative estimate of drug-likeness (QED) is 0.379. The fraction of sp³-hybridized carbons (Fsp3) is 0.130. The number of nitrogens with one attached hydrogen (secondary N) is 1. The molecule has 6 heteroatoms. The van der Waals surface area contributed by atoms with Gasteiger partial charge in [-0.05, 0) is 29.8 Å². The zero-order chi connectivity index (χ0) is 18.8. The summed E-state index contributed by atoms with van der Waals surface area (Å²) in [7, 11) is 2.10. The van der Waals surface area contributed by atoms with Crippen molar-refractivity contribution in [3.05, 3.63) is 72.8 Å². The van der Waals surface area contributed by atoms with Gasteiger partial charge in [0, 0.05) is 36.3 Å². The molecule has 1 heterocycles. The maximum Gasteiger partial charge on any atom is 0.225 e. The van der Waals surface area contributed by atoms with E-state index in [9.17, 15) is 4.79 Å². The van der Waals surface area contributed by atoms with E-state index in [1.54, 1.807) is 0 Å². The molecule has 0 fully saturated rings. The van der Waals surface area contributed by atoms with Gasteiger partial charge in [-0.25, -0.2) is 0 Å². The Labute approximate surface area is 182 Å². The van der Waals surface area contributed by atoms with Crippen molar-refractivity contribution >= 4 is 45.8 Å². The van der Waals surface area contributed by atoms with E-state index in [4.69, 9.17) is 5.73 Å². The maximum absolute atomic E-state index is 11.8. The van der Waals surface area contributed by atoms with Crippen LogP contribution in [0.2, 0.25) is 0 Å². The number of hydrogen-bond acceptors (Lipinski definition) is 2. The van der Waals surface area contributed by atoms with Crippen LogP contribution in [0, 0.1) is 0 Å². The van der Waals surface area contributed by atoms with Gasteiger partial charge in [0.25, 0.3) is 0 Å². The van der Waals surface area contributed by atoms with Gasteiger partial charge >= 0.3 is 0 Å². The highest BCUT2D eigenvalue weighted by atomic mass is 35.5. The first-order chi connectivity index (χ1) is 13.2. The second-order valence-corrected chi connectivity index (χ2v) is 6.63. The van der Waals surface area contributed by atoms with Gasteiger partial charge in [0.2, 0.25) is 16.9 Å². The van der Waals surface area contributed by atoms with Crippen LogP contribution in [-0.4, -0.2) is 12.5 Å². The molecule has 29 heavy (non-hydrogen) atoms. The first-order valence-electron chi connectivity index (χ1n) is 9.09. The highest BCUT2D eigenvalue weighted by molar-refractivity contribution is 6.07. The highest BCUT2D eigenvalue weighted by Crippen LogP contribution is 2.34. The number of hydrogen-bond donors (Lipinski definition) is 2. The molecule has 4 rings (SSSR count). The Morgan fingerprint density at radius 3 is 1.93 bits per heavy atom. The summed E-state index contributed by atoms with van der Waals surface area (Å²) in [6.45, 7) is 0.350. The summed E-state index contributed by atoms with van der Waals surface area (Å²) in [5, 5.41) is 5.30. The van der Waals surface area contributed by atoms with Crippen molar-refractivity contribution in [2.24, 2.45) is 12.8 Å². The predicted molar refractivity (Wildman–Crippen MR) is 118 cm³/mol. The molecule has 0 aliphatic rings. The number of aryl methyl sites for hydroxylation is 1. The number of rotatable bonds is 4.